The molecule has 19 heavy (non-hydrogen) atoms. The third-order valence-corrected chi connectivity index (χ3v) is 3.64. The van der Waals surface area contributed by atoms with Gasteiger partial charge in [0, 0.05) is 7.11 Å². The number of unbranched alkanes of at least 4 members (excludes halogenated alkanes) is 5. The van der Waals surface area contributed by atoms with Gasteiger partial charge < -0.3 is 9.84 Å². The quantitative estimate of drug-likeness (QED) is 0.639. The summed E-state index contributed by atoms with van der Waals surface area (Å²) in [4.78, 5) is 0. The highest BCUT2D eigenvalue weighted by Crippen LogP contribution is 2.28. The second-order valence-electron chi connectivity index (χ2n) is 5.35. The number of benzene rings is 1. The van der Waals surface area contributed by atoms with Crippen LogP contribution in [0, 0.1) is 0 Å². The minimum Gasteiger partial charge on any atom is -0.383 e. The van der Waals surface area contributed by atoms with Crippen LogP contribution in [0.4, 0.5) is 0 Å². The molecule has 0 bridgehead atoms. The van der Waals surface area contributed by atoms with Crippen LogP contribution >= 0.6 is 0 Å². The Morgan fingerprint density at radius 2 is 1.63 bits per heavy atom. The van der Waals surface area contributed by atoms with Crippen molar-refractivity contribution in [3.8, 4) is 0 Å². The number of methoxy groups -OCH3 is 1. The molecule has 108 valence electrons. The predicted octanol–water partition coefficient (Wildman–Crippen LogP) is 4.27. The van der Waals surface area contributed by atoms with Crippen LogP contribution in [0.5, 0.6) is 0 Å². The summed E-state index contributed by atoms with van der Waals surface area (Å²) in [6.07, 6.45) is 8.20. The van der Waals surface area contributed by atoms with E-state index in [1.54, 1.807) is 7.11 Å². The van der Waals surface area contributed by atoms with Gasteiger partial charge in [-0.3, -0.25) is 0 Å². The van der Waals surface area contributed by atoms with E-state index in [0.717, 1.165) is 18.4 Å². The highest BCUT2D eigenvalue weighted by molar-refractivity contribution is 5.22. The fraction of sp³-hybridized carbons (Fsp3) is 0.647. The second-order valence-corrected chi connectivity index (χ2v) is 5.35. The van der Waals surface area contributed by atoms with Gasteiger partial charge in [-0.25, -0.2) is 0 Å². The van der Waals surface area contributed by atoms with Crippen molar-refractivity contribution in [2.75, 3.05) is 13.7 Å². The third kappa shape index (κ3) is 5.75. The van der Waals surface area contributed by atoms with Crippen LogP contribution in [0.3, 0.4) is 0 Å². The van der Waals surface area contributed by atoms with Crippen LogP contribution in [0.2, 0.25) is 0 Å². The molecular formula is C17H28O2. The molecule has 0 saturated heterocycles. The predicted molar refractivity (Wildman–Crippen MR) is 80.2 cm³/mol. The van der Waals surface area contributed by atoms with E-state index < -0.39 is 5.60 Å². The van der Waals surface area contributed by atoms with Crippen molar-refractivity contribution >= 4 is 0 Å². The van der Waals surface area contributed by atoms with Crippen molar-refractivity contribution in [2.24, 2.45) is 0 Å². The maximum Gasteiger partial charge on any atom is 0.113 e. The summed E-state index contributed by atoms with van der Waals surface area (Å²) in [5, 5.41) is 10.8. The summed E-state index contributed by atoms with van der Waals surface area (Å²) in [6, 6.07) is 9.88. The molecule has 0 heterocycles. The largest absolute Gasteiger partial charge is 0.383 e. The first-order valence-electron chi connectivity index (χ1n) is 7.50. The summed E-state index contributed by atoms with van der Waals surface area (Å²) in [7, 11) is 1.65. The van der Waals surface area contributed by atoms with E-state index >= 15 is 0 Å². The lowest BCUT2D eigenvalue weighted by Crippen LogP contribution is -2.31. The van der Waals surface area contributed by atoms with E-state index in [1.165, 1.54) is 32.1 Å². The van der Waals surface area contributed by atoms with Crippen molar-refractivity contribution in [1.29, 1.82) is 0 Å². The van der Waals surface area contributed by atoms with Gasteiger partial charge in [0.25, 0.3) is 0 Å². The van der Waals surface area contributed by atoms with Crippen LogP contribution < -0.4 is 0 Å². The lowest BCUT2D eigenvalue weighted by atomic mass is 9.89. The van der Waals surface area contributed by atoms with Gasteiger partial charge in [-0.2, -0.15) is 0 Å². The Balaban J connectivity index is 2.44. The number of ether oxygens (including phenoxy) is 1. The molecule has 0 aliphatic heterocycles. The molecule has 2 heteroatoms. The van der Waals surface area contributed by atoms with E-state index in [1.807, 2.05) is 30.3 Å². The Hall–Kier alpha value is -0.860. The summed E-state index contributed by atoms with van der Waals surface area (Å²) < 4.78 is 5.21. The van der Waals surface area contributed by atoms with Gasteiger partial charge in [-0.05, 0) is 12.0 Å². The van der Waals surface area contributed by atoms with E-state index in [-0.39, 0.29) is 0 Å². The minimum absolute atomic E-state index is 0.367. The fourth-order valence-corrected chi connectivity index (χ4v) is 2.48. The summed E-state index contributed by atoms with van der Waals surface area (Å²) in [5.41, 5.74) is 0.131. The average molecular weight is 264 g/mol. The monoisotopic (exact) mass is 264 g/mol. The SMILES string of the molecule is CCCCCCCCC(O)(COC)c1ccccc1. The zero-order chi connectivity index (χ0) is 14.0. The molecule has 1 rings (SSSR count). The molecule has 0 fully saturated rings. The topological polar surface area (TPSA) is 29.5 Å². The first kappa shape index (κ1) is 16.2. The molecule has 0 aliphatic rings. The van der Waals surface area contributed by atoms with Crippen LogP contribution in [0.15, 0.2) is 30.3 Å². The van der Waals surface area contributed by atoms with Gasteiger partial charge in [-0.1, -0.05) is 75.8 Å². The Morgan fingerprint density at radius 1 is 1.00 bits per heavy atom. The van der Waals surface area contributed by atoms with Crippen molar-refractivity contribution < 1.29 is 9.84 Å². The molecule has 2 nitrogen and oxygen atoms in total. The van der Waals surface area contributed by atoms with Gasteiger partial charge in [0.15, 0.2) is 0 Å². The van der Waals surface area contributed by atoms with Gasteiger partial charge in [-0.15, -0.1) is 0 Å². The van der Waals surface area contributed by atoms with Crippen LogP contribution in [0.25, 0.3) is 0 Å². The number of rotatable bonds is 10. The lowest BCUT2D eigenvalue weighted by Gasteiger charge is -2.28. The molecule has 1 aromatic carbocycles. The normalized spacial score (nSPS) is 14.3. The second kappa shape index (κ2) is 9.11. The summed E-state index contributed by atoms with van der Waals surface area (Å²) in [5.74, 6) is 0. The summed E-state index contributed by atoms with van der Waals surface area (Å²) >= 11 is 0. The van der Waals surface area contributed by atoms with Gasteiger partial charge in [0.2, 0.25) is 0 Å². The van der Waals surface area contributed by atoms with Crippen molar-refractivity contribution in [3.05, 3.63) is 35.9 Å². The molecule has 0 aliphatic carbocycles. The van der Waals surface area contributed by atoms with Crippen LogP contribution in [0.1, 0.15) is 57.4 Å². The highest BCUT2D eigenvalue weighted by atomic mass is 16.5. The molecule has 0 amide bonds. The molecular weight excluding hydrogens is 236 g/mol. The Bertz CT molecular complexity index is 323. The molecule has 0 saturated carbocycles. The first-order chi connectivity index (χ1) is 9.23. The fourth-order valence-electron chi connectivity index (χ4n) is 2.48. The van der Waals surface area contributed by atoms with Crippen LogP contribution in [-0.4, -0.2) is 18.8 Å². The molecule has 0 radical (unpaired) electrons. The standard InChI is InChI=1S/C17H28O2/c1-3-4-5-6-7-11-14-17(18,15-19-2)16-12-9-8-10-13-16/h8-10,12-13,18H,3-7,11,14-15H2,1-2H3. The zero-order valence-corrected chi connectivity index (χ0v) is 12.4. The van der Waals surface area contributed by atoms with E-state index in [4.69, 9.17) is 4.74 Å². The number of aliphatic hydroxyl groups is 1. The number of hydrogen-bond acceptors (Lipinski definition) is 2. The molecule has 1 atom stereocenters. The molecule has 0 aromatic heterocycles. The maximum atomic E-state index is 10.8. The van der Waals surface area contributed by atoms with E-state index in [9.17, 15) is 5.11 Å². The van der Waals surface area contributed by atoms with Crippen LogP contribution in [-0.2, 0) is 10.3 Å². The lowest BCUT2D eigenvalue weighted by molar-refractivity contribution is -0.0437. The van der Waals surface area contributed by atoms with E-state index in [2.05, 4.69) is 6.92 Å². The average Bonchev–Trinajstić information content (AvgIpc) is 2.44. The molecule has 0 spiro atoms. The maximum absolute atomic E-state index is 10.8. The Labute approximate surface area is 117 Å². The number of hydrogen-bond donors (Lipinski definition) is 1. The Morgan fingerprint density at radius 3 is 2.26 bits per heavy atom. The third-order valence-electron chi connectivity index (χ3n) is 3.64. The van der Waals surface area contributed by atoms with E-state index in [0.29, 0.717) is 6.61 Å². The highest BCUT2D eigenvalue weighted by Gasteiger charge is 2.28. The summed E-state index contributed by atoms with van der Waals surface area (Å²) in [6.45, 7) is 2.60. The molecule has 1 unspecified atom stereocenters. The first-order valence-corrected chi connectivity index (χ1v) is 7.50. The molecule has 1 N–H and O–H groups in total. The smallest absolute Gasteiger partial charge is 0.113 e. The molecule has 1 aromatic rings. The minimum atomic E-state index is -0.833. The van der Waals surface area contributed by atoms with Gasteiger partial charge >= 0.3 is 0 Å². The van der Waals surface area contributed by atoms with Crippen molar-refractivity contribution in [1.82, 2.24) is 0 Å². The zero-order valence-electron chi connectivity index (χ0n) is 12.4. The van der Waals surface area contributed by atoms with Crippen molar-refractivity contribution in [3.63, 3.8) is 0 Å². The van der Waals surface area contributed by atoms with Gasteiger partial charge in [0.1, 0.15) is 5.60 Å². The van der Waals surface area contributed by atoms with Crippen molar-refractivity contribution in [2.45, 2.75) is 57.5 Å². The Kier molecular flexibility index (Phi) is 7.76. The van der Waals surface area contributed by atoms with Gasteiger partial charge in [0.05, 0.1) is 6.61 Å².